The number of hydrogen-bond donors (Lipinski definition) is 1. The lowest BCUT2D eigenvalue weighted by molar-refractivity contribution is -0.132. The first-order chi connectivity index (χ1) is 11.1. The van der Waals surface area contributed by atoms with Crippen LogP contribution in [0.4, 0.5) is 5.69 Å². The minimum atomic E-state index is -0.239. The summed E-state index contributed by atoms with van der Waals surface area (Å²) in [6.07, 6.45) is 5.88. The van der Waals surface area contributed by atoms with Crippen LogP contribution in [0.25, 0.3) is 5.69 Å². The van der Waals surface area contributed by atoms with Gasteiger partial charge in [-0.3, -0.25) is 4.79 Å². The third kappa shape index (κ3) is 3.73. The molecule has 1 fully saturated rings. The van der Waals surface area contributed by atoms with E-state index in [1.165, 1.54) is 0 Å². The van der Waals surface area contributed by atoms with Crippen LogP contribution in [0.1, 0.15) is 26.7 Å². The summed E-state index contributed by atoms with van der Waals surface area (Å²) in [6.45, 7) is 5.91. The summed E-state index contributed by atoms with van der Waals surface area (Å²) in [4.78, 5) is 14.5. The molecule has 0 bridgehead atoms. The molecule has 1 atom stereocenters. The molecule has 1 aromatic carbocycles. The first-order valence-electron chi connectivity index (χ1n) is 8.29. The van der Waals surface area contributed by atoms with Gasteiger partial charge in [-0.1, -0.05) is 25.1 Å². The minimum absolute atomic E-state index is 0.171. The zero-order valence-electron chi connectivity index (χ0n) is 13.8. The fourth-order valence-electron chi connectivity index (χ4n) is 2.93. The van der Waals surface area contributed by atoms with E-state index in [0.29, 0.717) is 0 Å². The maximum atomic E-state index is 12.5. The quantitative estimate of drug-likeness (QED) is 0.944. The van der Waals surface area contributed by atoms with Crippen LogP contribution in [0.15, 0.2) is 42.7 Å². The number of nitrogens with one attached hydrogen (secondary N) is 1. The second-order valence-corrected chi connectivity index (χ2v) is 6.38. The van der Waals surface area contributed by atoms with E-state index in [-0.39, 0.29) is 11.9 Å². The fraction of sp³-hybridized carbons (Fsp3) is 0.444. The number of nitrogens with zero attached hydrogens (tertiary/aromatic N) is 3. The van der Waals surface area contributed by atoms with E-state index in [0.717, 1.165) is 43.2 Å². The highest BCUT2D eigenvalue weighted by molar-refractivity contribution is 5.84. The Morgan fingerprint density at radius 2 is 1.96 bits per heavy atom. The summed E-state index contributed by atoms with van der Waals surface area (Å²) in [5.74, 6) is 0.899. The van der Waals surface area contributed by atoms with Gasteiger partial charge in [-0.15, -0.1) is 0 Å². The summed E-state index contributed by atoms with van der Waals surface area (Å²) in [5, 5.41) is 7.62. The van der Waals surface area contributed by atoms with Gasteiger partial charge in [0.25, 0.3) is 0 Å². The number of hydrogen-bond acceptors (Lipinski definition) is 3. The molecule has 5 heteroatoms. The van der Waals surface area contributed by atoms with Gasteiger partial charge in [0, 0.05) is 13.1 Å². The number of anilines is 1. The predicted octanol–water partition coefficient (Wildman–Crippen LogP) is 2.93. The van der Waals surface area contributed by atoms with Gasteiger partial charge in [0.1, 0.15) is 6.04 Å². The van der Waals surface area contributed by atoms with Gasteiger partial charge in [0.15, 0.2) is 0 Å². The zero-order valence-corrected chi connectivity index (χ0v) is 13.8. The lowest BCUT2D eigenvalue weighted by Crippen LogP contribution is -2.45. The fourth-order valence-corrected chi connectivity index (χ4v) is 2.93. The van der Waals surface area contributed by atoms with Crippen molar-refractivity contribution in [1.82, 2.24) is 14.7 Å². The first kappa shape index (κ1) is 15.6. The maximum Gasteiger partial charge on any atom is 0.244 e. The third-order valence-electron chi connectivity index (χ3n) is 4.45. The summed E-state index contributed by atoms with van der Waals surface area (Å²) < 4.78 is 1.81. The summed E-state index contributed by atoms with van der Waals surface area (Å²) in [7, 11) is 0. The molecule has 0 spiro atoms. The van der Waals surface area contributed by atoms with E-state index in [1.807, 2.05) is 53.0 Å². The molecule has 2 aromatic rings. The normalized spacial score (nSPS) is 17.0. The van der Waals surface area contributed by atoms with Crippen LogP contribution in [0.5, 0.6) is 0 Å². The van der Waals surface area contributed by atoms with E-state index < -0.39 is 0 Å². The molecular formula is C18H24N4O. The predicted molar refractivity (Wildman–Crippen MR) is 91.6 cm³/mol. The topological polar surface area (TPSA) is 50.2 Å². The number of rotatable bonds is 4. The molecule has 3 rings (SSSR count). The molecule has 1 saturated heterocycles. The van der Waals surface area contributed by atoms with Crippen molar-refractivity contribution < 1.29 is 4.79 Å². The monoisotopic (exact) mass is 312 g/mol. The smallest absolute Gasteiger partial charge is 0.244 e. The van der Waals surface area contributed by atoms with Gasteiger partial charge in [0.05, 0.1) is 23.8 Å². The molecule has 0 radical (unpaired) electrons. The van der Waals surface area contributed by atoms with Crippen LogP contribution in [-0.4, -0.2) is 39.7 Å². The molecule has 1 aromatic heterocycles. The second kappa shape index (κ2) is 6.86. The molecule has 5 nitrogen and oxygen atoms in total. The highest BCUT2D eigenvalue weighted by Crippen LogP contribution is 2.18. The number of amides is 1. The second-order valence-electron chi connectivity index (χ2n) is 6.38. The van der Waals surface area contributed by atoms with E-state index >= 15 is 0 Å². The van der Waals surface area contributed by atoms with Crippen molar-refractivity contribution in [3.63, 3.8) is 0 Å². The largest absolute Gasteiger partial charge is 0.371 e. The van der Waals surface area contributed by atoms with Crippen LogP contribution in [0.3, 0.4) is 0 Å². The summed E-state index contributed by atoms with van der Waals surface area (Å²) >= 11 is 0. The molecule has 1 unspecified atom stereocenters. The Labute approximate surface area is 137 Å². The molecule has 122 valence electrons. The van der Waals surface area contributed by atoms with Crippen LogP contribution >= 0.6 is 0 Å². The van der Waals surface area contributed by atoms with E-state index in [1.54, 1.807) is 6.20 Å². The molecule has 0 aliphatic carbocycles. The van der Waals surface area contributed by atoms with E-state index in [2.05, 4.69) is 17.3 Å². The molecule has 1 N–H and O–H groups in total. The Morgan fingerprint density at radius 3 is 2.65 bits per heavy atom. The number of carbonyl (C=O) groups excluding carboxylic acids is 1. The van der Waals surface area contributed by atoms with Crippen molar-refractivity contribution in [2.75, 3.05) is 18.4 Å². The maximum absolute atomic E-state index is 12.5. The van der Waals surface area contributed by atoms with Crippen LogP contribution in [0, 0.1) is 5.92 Å². The number of carbonyl (C=O) groups is 1. The summed E-state index contributed by atoms with van der Waals surface area (Å²) in [5.41, 5.74) is 1.87. The van der Waals surface area contributed by atoms with Crippen molar-refractivity contribution in [2.45, 2.75) is 32.7 Å². The van der Waals surface area contributed by atoms with Gasteiger partial charge >= 0.3 is 0 Å². The zero-order chi connectivity index (χ0) is 16.2. The number of piperidine rings is 1. The van der Waals surface area contributed by atoms with Gasteiger partial charge in [-0.2, -0.15) is 5.10 Å². The number of benzene rings is 1. The lowest BCUT2D eigenvalue weighted by Gasteiger charge is -2.32. The average Bonchev–Trinajstić information content (AvgIpc) is 3.04. The van der Waals surface area contributed by atoms with Crippen molar-refractivity contribution in [3.05, 3.63) is 42.7 Å². The Morgan fingerprint density at radius 1 is 1.26 bits per heavy atom. The Kier molecular flexibility index (Phi) is 4.65. The molecule has 23 heavy (non-hydrogen) atoms. The van der Waals surface area contributed by atoms with Crippen molar-refractivity contribution in [2.24, 2.45) is 5.92 Å². The molecule has 2 heterocycles. The SMILES string of the molecule is CC1CCN(C(=O)C(C)Nc2cnn(-c3ccccc3)c2)CC1. The van der Waals surface area contributed by atoms with Crippen LogP contribution in [-0.2, 0) is 4.79 Å². The van der Waals surface area contributed by atoms with Gasteiger partial charge in [-0.25, -0.2) is 4.68 Å². The molecule has 1 amide bonds. The Hall–Kier alpha value is -2.30. The third-order valence-corrected chi connectivity index (χ3v) is 4.45. The molecular weight excluding hydrogens is 288 g/mol. The van der Waals surface area contributed by atoms with Crippen molar-refractivity contribution >= 4 is 11.6 Å². The highest BCUT2D eigenvalue weighted by atomic mass is 16.2. The van der Waals surface area contributed by atoms with Gasteiger partial charge < -0.3 is 10.2 Å². The van der Waals surface area contributed by atoms with Crippen molar-refractivity contribution in [3.8, 4) is 5.69 Å². The van der Waals surface area contributed by atoms with E-state index in [4.69, 9.17) is 0 Å². The molecule has 0 saturated carbocycles. The standard InChI is InChI=1S/C18H24N4O/c1-14-8-10-21(11-9-14)18(23)15(2)20-16-12-19-22(13-16)17-6-4-3-5-7-17/h3-7,12-15,20H,8-11H2,1-2H3. The Bertz CT molecular complexity index is 644. The van der Waals surface area contributed by atoms with Gasteiger partial charge in [0.2, 0.25) is 5.91 Å². The highest BCUT2D eigenvalue weighted by Gasteiger charge is 2.24. The Balaban J connectivity index is 1.61. The lowest BCUT2D eigenvalue weighted by atomic mass is 9.99. The number of para-hydroxylation sites is 1. The van der Waals surface area contributed by atoms with E-state index in [9.17, 15) is 4.79 Å². The number of aromatic nitrogens is 2. The van der Waals surface area contributed by atoms with Gasteiger partial charge in [-0.05, 0) is 37.8 Å². The average molecular weight is 312 g/mol. The first-order valence-corrected chi connectivity index (χ1v) is 8.29. The van der Waals surface area contributed by atoms with Crippen LogP contribution in [0.2, 0.25) is 0 Å². The van der Waals surface area contributed by atoms with Crippen molar-refractivity contribution in [1.29, 1.82) is 0 Å². The minimum Gasteiger partial charge on any atom is -0.371 e. The molecule has 1 aliphatic heterocycles. The molecule has 1 aliphatic rings. The summed E-state index contributed by atoms with van der Waals surface area (Å²) in [6, 6.07) is 9.70. The van der Waals surface area contributed by atoms with Crippen LogP contribution < -0.4 is 5.32 Å². The number of likely N-dealkylation sites (tertiary alicyclic amines) is 1.